The summed E-state index contributed by atoms with van der Waals surface area (Å²) in [6.07, 6.45) is 10.5. The van der Waals surface area contributed by atoms with Crippen LogP contribution in [0.2, 0.25) is 0 Å². The summed E-state index contributed by atoms with van der Waals surface area (Å²) in [5, 5.41) is 7.10. The first-order chi connectivity index (χ1) is 19.3. The number of aromatic nitrogens is 3. The number of nitrogens with zero attached hydrogens (tertiary/aromatic N) is 6. The Morgan fingerprint density at radius 1 is 1.10 bits per heavy atom. The number of rotatable bonds is 7. The normalized spacial score (nSPS) is 19.9. The largest absolute Gasteiger partial charge is 0.369 e. The van der Waals surface area contributed by atoms with Gasteiger partial charge in [-0.15, -0.1) is 6.42 Å². The van der Waals surface area contributed by atoms with E-state index in [9.17, 15) is 9.59 Å². The van der Waals surface area contributed by atoms with E-state index >= 15 is 0 Å². The van der Waals surface area contributed by atoms with E-state index in [1.807, 2.05) is 31.1 Å². The highest BCUT2D eigenvalue weighted by Gasteiger charge is 2.26. The number of pyridine rings is 1. The van der Waals surface area contributed by atoms with Gasteiger partial charge in [0.1, 0.15) is 5.65 Å². The summed E-state index contributed by atoms with van der Waals surface area (Å²) < 4.78 is 1.76. The lowest BCUT2D eigenvalue weighted by molar-refractivity contribution is -0.122. The lowest BCUT2D eigenvalue weighted by Crippen LogP contribution is -2.44. The molecular weight excluding hydrogens is 504 g/mol. The van der Waals surface area contributed by atoms with E-state index in [2.05, 4.69) is 50.5 Å². The molecule has 0 bridgehead atoms. The van der Waals surface area contributed by atoms with Gasteiger partial charge in [0.2, 0.25) is 11.9 Å². The third-order valence-corrected chi connectivity index (χ3v) is 7.83. The average molecular weight is 543 g/mol. The molecule has 1 aromatic carbocycles. The fourth-order valence-electron chi connectivity index (χ4n) is 5.64. The van der Waals surface area contributed by atoms with E-state index in [4.69, 9.17) is 11.4 Å². The fourth-order valence-corrected chi connectivity index (χ4v) is 5.64. The van der Waals surface area contributed by atoms with Crippen molar-refractivity contribution in [2.45, 2.75) is 37.8 Å². The number of terminal acetylenes is 1. The zero-order valence-electron chi connectivity index (χ0n) is 23.6. The third-order valence-electron chi connectivity index (χ3n) is 7.83. The van der Waals surface area contributed by atoms with E-state index in [-0.39, 0.29) is 23.6 Å². The number of benzene rings is 1. The average Bonchev–Trinajstić information content (AvgIpc) is 2.93. The maximum Gasteiger partial charge on any atom is 0.253 e. The third kappa shape index (κ3) is 6.27. The number of carbonyl (C=O) groups excluding carboxylic acids is 1. The molecule has 40 heavy (non-hydrogen) atoms. The molecule has 5 rings (SSSR count). The predicted octanol–water partition coefficient (Wildman–Crippen LogP) is 2.43. The highest BCUT2D eigenvalue weighted by Crippen LogP contribution is 2.31. The van der Waals surface area contributed by atoms with Gasteiger partial charge in [-0.3, -0.25) is 14.2 Å². The van der Waals surface area contributed by atoms with E-state index in [0.29, 0.717) is 29.1 Å². The minimum Gasteiger partial charge on any atom is -0.369 e. The number of hydrogen-bond acceptors (Lipinski definition) is 8. The Bertz CT molecular complexity index is 1440. The number of anilines is 3. The van der Waals surface area contributed by atoms with Gasteiger partial charge in [0, 0.05) is 67.5 Å². The van der Waals surface area contributed by atoms with E-state index in [1.54, 1.807) is 10.8 Å². The molecule has 0 unspecified atom stereocenters. The molecule has 3 aromatic rings. The number of hydrogen-bond donors (Lipinski definition) is 2. The second-order valence-corrected chi connectivity index (χ2v) is 11.1. The van der Waals surface area contributed by atoms with Crippen LogP contribution in [0.1, 0.15) is 37.3 Å². The van der Waals surface area contributed by atoms with Crippen LogP contribution in [0.25, 0.3) is 11.0 Å². The molecule has 3 heterocycles. The predicted molar refractivity (Wildman–Crippen MR) is 159 cm³/mol. The first-order valence-corrected chi connectivity index (χ1v) is 13.9. The fraction of sp³-hybridized carbons (Fsp3) is 0.467. The minimum absolute atomic E-state index is 0.0227. The van der Waals surface area contributed by atoms with Crippen molar-refractivity contribution >= 4 is 34.3 Å². The molecule has 210 valence electrons. The number of fused-ring (bicyclic) bond motifs is 1. The lowest BCUT2D eigenvalue weighted by atomic mass is 9.90. The second kappa shape index (κ2) is 12.1. The number of likely N-dealkylation sites (N-methyl/N-ethyl adjacent to an activating group) is 2. The molecule has 1 saturated carbocycles. The van der Waals surface area contributed by atoms with Crippen LogP contribution in [0.4, 0.5) is 17.3 Å². The van der Waals surface area contributed by atoms with Crippen LogP contribution in [0.5, 0.6) is 0 Å². The SMILES string of the molecule is C#Cc1cc(=O)n(C2CCC(NC(=O)CN(C)C)CC2)c2nc(Nc3ccc(N4CCN(C)CC4)cc3)ncc12. The van der Waals surface area contributed by atoms with Crippen LogP contribution < -0.4 is 21.1 Å². The maximum absolute atomic E-state index is 13.3. The van der Waals surface area contributed by atoms with Gasteiger partial charge >= 0.3 is 0 Å². The van der Waals surface area contributed by atoms with Crippen molar-refractivity contribution in [1.29, 1.82) is 0 Å². The summed E-state index contributed by atoms with van der Waals surface area (Å²) in [6, 6.07) is 9.84. The van der Waals surface area contributed by atoms with Gasteiger partial charge in [-0.05, 0) is 71.1 Å². The first kappa shape index (κ1) is 27.6. The summed E-state index contributed by atoms with van der Waals surface area (Å²) in [5.41, 5.74) is 2.92. The molecule has 2 fully saturated rings. The summed E-state index contributed by atoms with van der Waals surface area (Å²) in [5.74, 6) is 3.05. The molecule has 2 N–H and O–H groups in total. The van der Waals surface area contributed by atoms with Gasteiger partial charge in [-0.2, -0.15) is 4.98 Å². The van der Waals surface area contributed by atoms with Gasteiger partial charge in [-0.25, -0.2) is 4.98 Å². The Hall–Kier alpha value is -3.94. The Labute approximate surface area is 235 Å². The van der Waals surface area contributed by atoms with Gasteiger partial charge in [-0.1, -0.05) is 5.92 Å². The molecule has 1 amide bonds. The van der Waals surface area contributed by atoms with Crippen LogP contribution >= 0.6 is 0 Å². The minimum atomic E-state index is -0.165. The molecule has 2 aliphatic rings. The lowest BCUT2D eigenvalue weighted by Gasteiger charge is -2.34. The molecule has 10 heteroatoms. The summed E-state index contributed by atoms with van der Waals surface area (Å²) in [7, 11) is 5.91. The maximum atomic E-state index is 13.3. The van der Waals surface area contributed by atoms with Crippen LogP contribution in [-0.4, -0.2) is 90.2 Å². The molecule has 1 aliphatic heterocycles. The zero-order valence-corrected chi connectivity index (χ0v) is 23.6. The standard InChI is InChI=1S/C30H38N8O2/c1-5-21-18-28(40)38(25-12-8-22(9-13-25)32-27(39)20-35(2)3)29-26(21)19-31-30(34-29)33-23-6-10-24(11-7-23)37-16-14-36(4)15-17-37/h1,6-7,10-11,18-19,22,25H,8-9,12-17,20H2,2-4H3,(H,32,39)(H,31,33,34). The van der Waals surface area contributed by atoms with Crippen molar-refractivity contribution in [1.82, 2.24) is 29.7 Å². The molecule has 10 nitrogen and oxygen atoms in total. The quantitative estimate of drug-likeness (QED) is 0.440. The molecule has 1 aliphatic carbocycles. The van der Waals surface area contributed by atoms with E-state index in [0.717, 1.165) is 57.5 Å². The van der Waals surface area contributed by atoms with Gasteiger partial charge in [0.05, 0.1) is 11.9 Å². The summed E-state index contributed by atoms with van der Waals surface area (Å²) >= 11 is 0. The van der Waals surface area contributed by atoms with Crippen molar-refractivity contribution in [3.63, 3.8) is 0 Å². The highest BCUT2D eigenvalue weighted by molar-refractivity contribution is 5.82. The Morgan fingerprint density at radius 3 is 2.45 bits per heavy atom. The van der Waals surface area contributed by atoms with Gasteiger partial charge in [0.25, 0.3) is 5.56 Å². The van der Waals surface area contributed by atoms with Gasteiger partial charge in [0.15, 0.2) is 0 Å². The van der Waals surface area contributed by atoms with Crippen LogP contribution in [0, 0.1) is 12.3 Å². The molecule has 0 atom stereocenters. The Kier molecular flexibility index (Phi) is 8.33. The summed E-state index contributed by atoms with van der Waals surface area (Å²) in [4.78, 5) is 41.4. The summed E-state index contributed by atoms with van der Waals surface area (Å²) in [6.45, 7) is 4.49. The van der Waals surface area contributed by atoms with E-state index in [1.165, 1.54) is 11.8 Å². The van der Waals surface area contributed by atoms with Crippen LogP contribution in [0.15, 0.2) is 41.3 Å². The molecular formula is C30H38N8O2. The van der Waals surface area contributed by atoms with Crippen molar-refractivity contribution in [2.75, 3.05) is 64.1 Å². The Morgan fingerprint density at radius 2 is 1.80 bits per heavy atom. The topological polar surface area (TPSA) is 98.6 Å². The van der Waals surface area contributed by atoms with Crippen molar-refractivity contribution in [3.05, 3.63) is 52.4 Å². The monoisotopic (exact) mass is 542 g/mol. The van der Waals surface area contributed by atoms with Crippen molar-refractivity contribution in [2.24, 2.45) is 0 Å². The molecule has 0 spiro atoms. The van der Waals surface area contributed by atoms with Crippen molar-refractivity contribution in [3.8, 4) is 12.3 Å². The second-order valence-electron chi connectivity index (χ2n) is 11.1. The number of carbonyl (C=O) groups is 1. The highest BCUT2D eigenvalue weighted by atomic mass is 16.2. The number of nitrogens with one attached hydrogen (secondary N) is 2. The molecule has 0 radical (unpaired) electrons. The van der Waals surface area contributed by atoms with E-state index < -0.39 is 0 Å². The Balaban J connectivity index is 1.35. The zero-order chi connectivity index (χ0) is 28.2. The van der Waals surface area contributed by atoms with Crippen molar-refractivity contribution < 1.29 is 4.79 Å². The van der Waals surface area contributed by atoms with Crippen LogP contribution in [-0.2, 0) is 4.79 Å². The number of piperazine rings is 1. The smallest absolute Gasteiger partial charge is 0.253 e. The molecule has 2 aromatic heterocycles. The number of amides is 1. The van der Waals surface area contributed by atoms with Crippen LogP contribution in [0.3, 0.4) is 0 Å². The molecule has 1 saturated heterocycles. The van der Waals surface area contributed by atoms with Gasteiger partial charge < -0.3 is 25.3 Å². The first-order valence-electron chi connectivity index (χ1n) is 13.9.